The summed E-state index contributed by atoms with van der Waals surface area (Å²) < 4.78 is 2.54. The van der Waals surface area contributed by atoms with Crippen molar-refractivity contribution in [1.82, 2.24) is 24.8 Å². The number of aliphatic hydroxyl groups is 1. The monoisotopic (exact) mass is 431 g/mol. The molecular formula is C21H29N5O5. The molecule has 2 aromatic rings. The minimum Gasteiger partial charge on any atom is -0.494 e. The van der Waals surface area contributed by atoms with E-state index in [4.69, 9.17) is 0 Å². The highest BCUT2D eigenvalue weighted by molar-refractivity contribution is 5.97. The van der Waals surface area contributed by atoms with Crippen molar-refractivity contribution in [2.24, 2.45) is 5.92 Å². The van der Waals surface area contributed by atoms with Gasteiger partial charge >= 0.3 is 0 Å². The van der Waals surface area contributed by atoms with Crippen LogP contribution in [0.15, 0.2) is 17.1 Å². The number of nitrogens with zero attached hydrogens (tertiary/aromatic N) is 3. The second kappa shape index (κ2) is 8.54. The van der Waals surface area contributed by atoms with E-state index in [1.54, 1.807) is 13.8 Å². The number of nitrogens with one attached hydrogen (secondary N) is 2. The van der Waals surface area contributed by atoms with Gasteiger partial charge in [0, 0.05) is 30.8 Å². The quantitative estimate of drug-likeness (QED) is 0.453. The summed E-state index contributed by atoms with van der Waals surface area (Å²) in [5.41, 5.74) is -1.40. The molecule has 0 bridgehead atoms. The van der Waals surface area contributed by atoms with Gasteiger partial charge in [-0.15, -0.1) is 0 Å². The molecule has 0 atom stereocenters. The van der Waals surface area contributed by atoms with Crippen molar-refractivity contribution >= 4 is 23.5 Å². The van der Waals surface area contributed by atoms with E-state index < -0.39 is 28.9 Å². The molecule has 2 heterocycles. The fourth-order valence-electron chi connectivity index (χ4n) is 3.08. The average Bonchev–Trinajstić information content (AvgIpc) is 3.36. The number of hydrogen-bond donors (Lipinski definition) is 4. The molecule has 0 unspecified atom stereocenters. The smallest absolute Gasteiger partial charge is 0.291 e. The maximum Gasteiger partial charge on any atom is 0.291 e. The molecule has 0 radical (unpaired) electrons. The third-order valence-electron chi connectivity index (χ3n) is 4.71. The van der Waals surface area contributed by atoms with Gasteiger partial charge in [-0.2, -0.15) is 9.61 Å². The minimum absolute atomic E-state index is 0.0269. The summed E-state index contributed by atoms with van der Waals surface area (Å²) in [4.78, 5) is 37.6. The molecule has 31 heavy (non-hydrogen) atoms. The maximum absolute atomic E-state index is 12.9. The molecule has 4 N–H and O–H groups in total. The zero-order valence-corrected chi connectivity index (χ0v) is 18.2. The Hall–Kier alpha value is -3.14. The van der Waals surface area contributed by atoms with Gasteiger partial charge in [0.25, 0.3) is 11.5 Å². The normalized spacial score (nSPS) is 14.5. The van der Waals surface area contributed by atoms with Crippen molar-refractivity contribution < 1.29 is 19.8 Å². The van der Waals surface area contributed by atoms with E-state index >= 15 is 0 Å². The third-order valence-corrected chi connectivity index (χ3v) is 4.71. The summed E-state index contributed by atoms with van der Waals surface area (Å²) in [7, 11) is 0. The average molecular weight is 431 g/mol. The molecule has 10 heteroatoms. The van der Waals surface area contributed by atoms with Crippen LogP contribution in [-0.2, 0) is 11.3 Å². The summed E-state index contributed by atoms with van der Waals surface area (Å²) in [6.45, 7) is 7.43. The topological polar surface area (TPSA) is 138 Å². The molecule has 0 aliphatic heterocycles. The molecule has 1 fully saturated rings. The van der Waals surface area contributed by atoms with Crippen molar-refractivity contribution in [3.8, 4) is 5.88 Å². The van der Waals surface area contributed by atoms with Gasteiger partial charge in [-0.05, 0) is 38.7 Å². The Morgan fingerprint density at radius 3 is 2.61 bits per heavy atom. The zero-order valence-electron chi connectivity index (χ0n) is 18.2. The van der Waals surface area contributed by atoms with Crippen LogP contribution in [-0.4, -0.2) is 54.4 Å². The summed E-state index contributed by atoms with van der Waals surface area (Å²) in [5.74, 6) is -1.38. The van der Waals surface area contributed by atoms with Gasteiger partial charge in [-0.25, -0.2) is 0 Å². The molecule has 3 rings (SSSR count). The highest BCUT2D eigenvalue weighted by atomic mass is 16.3. The van der Waals surface area contributed by atoms with Gasteiger partial charge < -0.3 is 20.8 Å². The number of rotatable bonds is 8. The largest absolute Gasteiger partial charge is 0.494 e. The van der Waals surface area contributed by atoms with Gasteiger partial charge in [0.2, 0.25) is 11.8 Å². The molecule has 1 aliphatic rings. The van der Waals surface area contributed by atoms with Crippen LogP contribution < -0.4 is 16.2 Å². The first-order valence-electron chi connectivity index (χ1n) is 10.3. The number of fused-ring (bicyclic) bond motifs is 1. The first kappa shape index (κ1) is 22.5. The van der Waals surface area contributed by atoms with Crippen LogP contribution >= 0.6 is 0 Å². The molecular weight excluding hydrogens is 402 g/mol. The highest BCUT2D eigenvalue weighted by Gasteiger charge is 2.29. The van der Waals surface area contributed by atoms with Crippen LogP contribution in [0.1, 0.15) is 56.5 Å². The number of carbonyl (C=O) groups is 2. The minimum atomic E-state index is -1.05. The van der Waals surface area contributed by atoms with Crippen LogP contribution in [0.5, 0.6) is 5.88 Å². The van der Waals surface area contributed by atoms with E-state index in [1.807, 2.05) is 13.8 Å². The number of hydrogen-bond acceptors (Lipinski definition) is 6. The Morgan fingerprint density at radius 1 is 1.35 bits per heavy atom. The molecule has 1 saturated carbocycles. The summed E-state index contributed by atoms with van der Waals surface area (Å²) >= 11 is 0. The van der Waals surface area contributed by atoms with Crippen molar-refractivity contribution in [2.45, 2.75) is 58.7 Å². The van der Waals surface area contributed by atoms with Crippen LogP contribution in [0.2, 0.25) is 0 Å². The molecule has 1 aliphatic carbocycles. The van der Waals surface area contributed by atoms with Gasteiger partial charge in [-0.1, -0.05) is 13.8 Å². The lowest BCUT2D eigenvalue weighted by molar-refractivity contribution is -0.117. The Balaban J connectivity index is 2.02. The Kier molecular flexibility index (Phi) is 6.21. The molecule has 2 aromatic heterocycles. The second-order valence-electron chi connectivity index (χ2n) is 8.95. The first-order valence-corrected chi connectivity index (χ1v) is 10.3. The molecule has 0 saturated heterocycles. The Morgan fingerprint density at radius 2 is 2.03 bits per heavy atom. The second-order valence-corrected chi connectivity index (χ2v) is 8.95. The van der Waals surface area contributed by atoms with Crippen molar-refractivity contribution in [3.63, 3.8) is 0 Å². The summed E-state index contributed by atoms with van der Waals surface area (Å²) in [6.07, 6.45) is 5.83. The molecule has 0 spiro atoms. The van der Waals surface area contributed by atoms with E-state index in [1.165, 1.54) is 22.9 Å². The zero-order chi connectivity index (χ0) is 22.9. The number of aromatic hydroxyl groups is 1. The van der Waals surface area contributed by atoms with E-state index in [-0.39, 0.29) is 29.7 Å². The molecule has 168 valence electrons. The van der Waals surface area contributed by atoms with Gasteiger partial charge in [0.15, 0.2) is 5.56 Å². The van der Waals surface area contributed by atoms with Crippen LogP contribution in [0.4, 0.5) is 0 Å². The van der Waals surface area contributed by atoms with E-state index in [0.717, 1.165) is 17.4 Å². The molecule has 10 nitrogen and oxygen atoms in total. The van der Waals surface area contributed by atoms with Crippen molar-refractivity contribution in [1.29, 1.82) is 0 Å². The van der Waals surface area contributed by atoms with E-state index in [9.17, 15) is 24.6 Å². The van der Waals surface area contributed by atoms with Gasteiger partial charge in [0.05, 0.1) is 11.8 Å². The number of carbonyl (C=O) groups excluding carboxylic acids is 2. The van der Waals surface area contributed by atoms with Gasteiger partial charge in [0.1, 0.15) is 5.65 Å². The fourth-order valence-corrected chi connectivity index (χ4v) is 3.08. The predicted molar refractivity (Wildman–Crippen MR) is 115 cm³/mol. The Labute approximate surface area is 179 Å². The predicted octanol–water partition coefficient (Wildman–Crippen LogP) is 0.650. The lowest BCUT2D eigenvalue weighted by Crippen LogP contribution is -2.37. The highest BCUT2D eigenvalue weighted by Crippen LogP contribution is 2.24. The molecule has 0 aromatic carbocycles. The molecule has 2 amide bonds. The summed E-state index contributed by atoms with van der Waals surface area (Å²) in [5, 5.41) is 30.0. The maximum atomic E-state index is 12.9. The standard InChI is InChI=1S/C21H29N5O5/c1-12(2)10-25-18-13(5-8-15(27)22-11-21(3,4)31)9-23-26(18)20(30)16(19(25)29)17(28)24-14-6-7-14/h5,8-9,12,14,29,31H,6-7,10-11H2,1-4H3,(H,22,27)(H,24,28)/b8-5+. The van der Waals surface area contributed by atoms with E-state index in [2.05, 4.69) is 15.7 Å². The van der Waals surface area contributed by atoms with Crippen LogP contribution in [0, 0.1) is 5.92 Å². The number of aromatic nitrogens is 3. The third kappa shape index (κ3) is 5.32. The van der Waals surface area contributed by atoms with Crippen molar-refractivity contribution in [3.05, 3.63) is 33.8 Å². The number of amides is 2. The van der Waals surface area contributed by atoms with Crippen LogP contribution in [0.25, 0.3) is 11.7 Å². The van der Waals surface area contributed by atoms with Gasteiger partial charge in [-0.3, -0.25) is 19.0 Å². The SMILES string of the molecule is CC(C)Cn1c(O)c(C(=O)NC2CC2)c(=O)n2ncc(/C=C/C(=O)NCC(C)(C)O)c12. The fraction of sp³-hybridized carbons (Fsp3) is 0.524. The van der Waals surface area contributed by atoms with E-state index in [0.29, 0.717) is 12.1 Å². The van der Waals surface area contributed by atoms with Crippen molar-refractivity contribution in [2.75, 3.05) is 6.54 Å². The first-order chi connectivity index (χ1) is 14.5. The lowest BCUT2D eigenvalue weighted by atomic mass is 10.1. The Bertz CT molecular complexity index is 1090. The van der Waals surface area contributed by atoms with Crippen LogP contribution in [0.3, 0.4) is 0 Å². The lowest BCUT2D eigenvalue weighted by Gasteiger charge is -2.17. The summed E-state index contributed by atoms with van der Waals surface area (Å²) in [6, 6.07) is 0.0269.